The smallest absolute Gasteiger partial charge is 0.426 e. The van der Waals surface area contributed by atoms with Crippen LogP contribution in [0.2, 0.25) is 5.02 Å². The molecular weight excluding hydrogens is 415 g/mol. The highest BCUT2D eigenvalue weighted by molar-refractivity contribution is 6.80. The number of carboxylic acids is 1. The van der Waals surface area contributed by atoms with Gasteiger partial charge < -0.3 is 14.5 Å². The molecule has 4 rings (SSSR count). The van der Waals surface area contributed by atoms with Crippen molar-refractivity contribution in [2.24, 2.45) is 0 Å². The molecule has 0 radical (unpaired) electrons. The van der Waals surface area contributed by atoms with Gasteiger partial charge in [-0.3, -0.25) is 4.90 Å². The number of carboxylic acid groups (broad SMARTS) is 1. The zero-order chi connectivity index (χ0) is 21.6. The summed E-state index contributed by atoms with van der Waals surface area (Å²) in [5.74, 6) is -0.932. The van der Waals surface area contributed by atoms with Gasteiger partial charge >= 0.3 is 12.9 Å². The van der Waals surface area contributed by atoms with E-state index in [0.717, 1.165) is 43.8 Å². The normalized spacial score (nSPS) is 14.2. The second kappa shape index (κ2) is 9.96. The maximum absolute atomic E-state index is 11.6. The quantitative estimate of drug-likeness (QED) is 0.574. The van der Waals surface area contributed by atoms with Crippen LogP contribution in [0.15, 0.2) is 66.9 Å². The van der Waals surface area contributed by atoms with Crippen molar-refractivity contribution < 1.29 is 19.3 Å². The first-order chi connectivity index (χ1) is 15.1. The molecular formula is C23H22BClN2O4. The predicted molar refractivity (Wildman–Crippen MR) is 121 cm³/mol. The topological polar surface area (TPSA) is 71.9 Å². The molecule has 1 saturated heterocycles. The van der Waals surface area contributed by atoms with Gasteiger partial charge in [-0.25, -0.2) is 9.78 Å². The Morgan fingerprint density at radius 2 is 1.87 bits per heavy atom. The fourth-order valence-corrected chi connectivity index (χ4v) is 3.79. The summed E-state index contributed by atoms with van der Waals surface area (Å²) in [6.07, 6.45) is 1.44. The fraction of sp³-hybridized carbons (Fsp3) is 0.217. The van der Waals surface area contributed by atoms with E-state index < -0.39 is 12.9 Å². The number of nitrogens with zero attached hydrogens (tertiary/aromatic N) is 2. The molecule has 158 valence electrons. The Hall–Kier alpha value is -2.87. The third-order valence-corrected chi connectivity index (χ3v) is 5.40. The number of halogens is 1. The summed E-state index contributed by atoms with van der Waals surface area (Å²) in [6, 6.07) is 18.8. The Balaban J connectivity index is 1.62. The van der Waals surface area contributed by atoms with Crippen molar-refractivity contribution in [3.63, 3.8) is 0 Å². The van der Waals surface area contributed by atoms with Crippen LogP contribution >= 0.6 is 11.6 Å². The number of aromatic carboxylic acids is 1. The van der Waals surface area contributed by atoms with Crippen LogP contribution in [-0.2, 0) is 11.3 Å². The molecule has 6 nitrogen and oxygen atoms in total. The van der Waals surface area contributed by atoms with Gasteiger partial charge in [-0.15, -0.1) is 0 Å². The molecule has 8 heteroatoms. The van der Waals surface area contributed by atoms with Crippen molar-refractivity contribution in [2.75, 3.05) is 26.3 Å². The first kappa shape index (κ1) is 21.4. The third-order valence-electron chi connectivity index (χ3n) is 5.16. The van der Waals surface area contributed by atoms with Crippen LogP contribution in [0.3, 0.4) is 0 Å². The average Bonchev–Trinajstić information content (AvgIpc) is 2.79. The summed E-state index contributed by atoms with van der Waals surface area (Å²) in [5, 5.41) is 10.1. The Bertz CT molecular complexity index is 1040. The molecule has 0 spiro atoms. The van der Waals surface area contributed by atoms with E-state index in [9.17, 15) is 9.90 Å². The summed E-state index contributed by atoms with van der Waals surface area (Å²) in [7, 11) is 0. The van der Waals surface area contributed by atoms with Crippen LogP contribution in [-0.4, -0.2) is 54.2 Å². The standard InChI is InChI=1S/C23H22BClN2O4/c25-20-4-1-3-19(15-20)24(31-21-5-2-10-26-22(21)23(28)29)18-8-6-17(7-9-18)16-27-11-13-30-14-12-27/h1-10,15H,11-14,16H2,(H,28,29). The van der Waals surface area contributed by atoms with Crippen LogP contribution in [0.5, 0.6) is 5.75 Å². The lowest BCUT2D eigenvalue weighted by atomic mass is 9.55. The number of morpholine rings is 1. The number of hydrogen-bond acceptors (Lipinski definition) is 5. The van der Waals surface area contributed by atoms with Gasteiger partial charge in [-0.1, -0.05) is 48.0 Å². The minimum absolute atomic E-state index is 0.126. The monoisotopic (exact) mass is 436 g/mol. The molecule has 2 aromatic carbocycles. The van der Waals surface area contributed by atoms with Gasteiger partial charge in [0.15, 0.2) is 5.69 Å². The van der Waals surface area contributed by atoms with Crippen LogP contribution in [0, 0.1) is 0 Å². The highest BCUT2D eigenvalue weighted by atomic mass is 35.5. The maximum Gasteiger partial charge on any atom is 0.426 e. The molecule has 2 heterocycles. The largest absolute Gasteiger partial charge is 0.550 e. The second-order valence-corrected chi connectivity index (χ2v) is 7.77. The number of pyridine rings is 1. The van der Waals surface area contributed by atoms with Crippen molar-refractivity contribution in [1.29, 1.82) is 0 Å². The molecule has 1 aliphatic heterocycles. The van der Waals surface area contributed by atoms with Crippen molar-refractivity contribution in [3.8, 4) is 5.75 Å². The van der Waals surface area contributed by atoms with E-state index >= 15 is 0 Å². The van der Waals surface area contributed by atoms with Crippen molar-refractivity contribution in [1.82, 2.24) is 9.88 Å². The summed E-state index contributed by atoms with van der Waals surface area (Å²) in [4.78, 5) is 17.9. The third kappa shape index (κ3) is 5.44. The zero-order valence-electron chi connectivity index (χ0n) is 16.9. The van der Waals surface area contributed by atoms with Crippen LogP contribution in [0.1, 0.15) is 16.1 Å². The van der Waals surface area contributed by atoms with Gasteiger partial charge in [0.1, 0.15) is 5.75 Å². The molecule has 1 aliphatic rings. The highest BCUT2D eigenvalue weighted by Crippen LogP contribution is 2.17. The average molecular weight is 437 g/mol. The Morgan fingerprint density at radius 3 is 2.58 bits per heavy atom. The molecule has 0 unspecified atom stereocenters. The lowest BCUT2D eigenvalue weighted by Crippen LogP contribution is -2.48. The fourth-order valence-electron chi connectivity index (χ4n) is 3.59. The van der Waals surface area contributed by atoms with Crippen LogP contribution in [0.25, 0.3) is 0 Å². The number of ether oxygens (including phenoxy) is 1. The van der Waals surface area contributed by atoms with Crippen LogP contribution < -0.4 is 15.6 Å². The molecule has 1 aromatic heterocycles. The van der Waals surface area contributed by atoms with Gasteiger partial charge in [0.2, 0.25) is 0 Å². The summed E-state index contributed by atoms with van der Waals surface area (Å²) < 4.78 is 11.6. The highest BCUT2D eigenvalue weighted by Gasteiger charge is 2.26. The van der Waals surface area contributed by atoms with Crippen LogP contribution in [0.4, 0.5) is 0 Å². The van der Waals surface area contributed by atoms with Crippen molar-refractivity contribution in [2.45, 2.75) is 6.54 Å². The van der Waals surface area contributed by atoms with Gasteiger partial charge in [-0.05, 0) is 40.8 Å². The van der Waals surface area contributed by atoms with Gasteiger partial charge in [-0.2, -0.15) is 0 Å². The zero-order valence-corrected chi connectivity index (χ0v) is 17.7. The van der Waals surface area contributed by atoms with E-state index in [4.69, 9.17) is 21.0 Å². The number of rotatable bonds is 7. The van der Waals surface area contributed by atoms with E-state index in [2.05, 4.69) is 22.0 Å². The number of hydrogen-bond donors (Lipinski definition) is 1. The van der Waals surface area contributed by atoms with Crippen molar-refractivity contribution in [3.05, 3.63) is 83.1 Å². The summed E-state index contributed by atoms with van der Waals surface area (Å²) >= 11 is 6.22. The molecule has 1 fully saturated rings. The molecule has 0 bridgehead atoms. The SMILES string of the molecule is O=C(O)c1ncccc1OB(c1ccc(CN2CCOCC2)cc1)c1cccc(Cl)c1. The van der Waals surface area contributed by atoms with Gasteiger partial charge in [0.25, 0.3) is 0 Å². The predicted octanol–water partition coefficient (Wildman–Crippen LogP) is 2.45. The van der Waals surface area contributed by atoms with Crippen molar-refractivity contribution >= 4 is 35.4 Å². The summed E-state index contributed by atoms with van der Waals surface area (Å²) in [5.41, 5.74) is 2.79. The lowest BCUT2D eigenvalue weighted by molar-refractivity contribution is 0.0342. The lowest BCUT2D eigenvalue weighted by Gasteiger charge is -2.26. The Morgan fingerprint density at radius 1 is 1.10 bits per heavy atom. The van der Waals surface area contributed by atoms with Gasteiger partial charge in [0.05, 0.1) is 13.2 Å². The molecule has 31 heavy (non-hydrogen) atoms. The van der Waals surface area contributed by atoms with E-state index in [-0.39, 0.29) is 11.4 Å². The summed E-state index contributed by atoms with van der Waals surface area (Å²) in [6.45, 7) is 3.71. The van der Waals surface area contributed by atoms with E-state index in [1.54, 1.807) is 18.2 Å². The number of aromatic nitrogens is 1. The molecule has 0 saturated carbocycles. The molecule has 3 aromatic rings. The molecule has 0 atom stereocenters. The Labute approximate surface area is 186 Å². The first-order valence-corrected chi connectivity index (χ1v) is 10.5. The van der Waals surface area contributed by atoms with E-state index in [0.29, 0.717) is 5.02 Å². The van der Waals surface area contributed by atoms with E-state index in [1.807, 2.05) is 30.3 Å². The van der Waals surface area contributed by atoms with Gasteiger partial charge in [0, 0.05) is 30.9 Å². The first-order valence-electron chi connectivity index (χ1n) is 10.1. The maximum atomic E-state index is 11.6. The van der Waals surface area contributed by atoms with E-state index in [1.165, 1.54) is 11.8 Å². The molecule has 0 amide bonds. The minimum atomic E-state index is -1.14. The number of carbonyl (C=O) groups is 1. The number of benzene rings is 2. The Kier molecular flexibility index (Phi) is 6.87. The minimum Gasteiger partial charge on any atom is -0.550 e. The molecule has 0 aliphatic carbocycles. The molecule has 1 N–H and O–H groups in total. The second-order valence-electron chi connectivity index (χ2n) is 7.34.